The molecule has 13 heavy (non-hydrogen) atoms. The van der Waals surface area contributed by atoms with Gasteiger partial charge in [0, 0.05) is 19.5 Å². The Bertz CT molecular complexity index is 201. The summed E-state index contributed by atoms with van der Waals surface area (Å²) in [6, 6.07) is 0. The number of hydrogen-bond donors (Lipinski definition) is 0. The monoisotopic (exact) mass is 183 g/mol. The lowest BCUT2D eigenvalue weighted by molar-refractivity contribution is -0.155. The smallest absolute Gasteiger partial charge is 0.251 e. The zero-order valence-corrected chi connectivity index (χ0v) is 8.16. The van der Waals surface area contributed by atoms with Gasteiger partial charge in [-0.25, -0.2) is 0 Å². The molecule has 2 rings (SSSR count). The Balaban J connectivity index is 1.84. The zero-order valence-electron chi connectivity index (χ0n) is 8.16. The van der Waals surface area contributed by atoms with E-state index in [1.54, 1.807) is 0 Å². The summed E-state index contributed by atoms with van der Waals surface area (Å²) in [5, 5.41) is 0. The van der Waals surface area contributed by atoms with Crippen molar-refractivity contribution in [3.05, 3.63) is 0 Å². The number of rotatable bonds is 2. The average Bonchev–Trinajstić information content (AvgIpc) is 2.48. The summed E-state index contributed by atoms with van der Waals surface area (Å²) in [6.07, 6.45) is 3.19. The van der Waals surface area contributed by atoms with Crippen LogP contribution in [0.25, 0.3) is 0 Å². The van der Waals surface area contributed by atoms with Crippen molar-refractivity contribution in [3.8, 4) is 0 Å². The molecule has 1 amide bonds. The van der Waals surface area contributed by atoms with Crippen molar-refractivity contribution in [2.24, 2.45) is 5.92 Å². The third-order valence-corrected chi connectivity index (χ3v) is 3.15. The molecule has 2 heterocycles. The van der Waals surface area contributed by atoms with Gasteiger partial charge in [-0.05, 0) is 12.3 Å². The molecule has 2 aliphatic rings. The van der Waals surface area contributed by atoms with Crippen LogP contribution in [0.1, 0.15) is 26.2 Å². The lowest BCUT2D eigenvalue weighted by Crippen LogP contribution is -2.44. The van der Waals surface area contributed by atoms with Gasteiger partial charge in [0.2, 0.25) is 0 Å². The maximum Gasteiger partial charge on any atom is 0.251 e. The van der Waals surface area contributed by atoms with Gasteiger partial charge < -0.3 is 9.64 Å². The average molecular weight is 183 g/mol. The molecule has 0 spiro atoms. The highest BCUT2D eigenvalue weighted by atomic mass is 16.5. The van der Waals surface area contributed by atoms with Gasteiger partial charge in [0.15, 0.2) is 0 Å². The molecule has 2 unspecified atom stereocenters. The molecule has 3 heteroatoms. The first kappa shape index (κ1) is 9.00. The molecule has 2 aliphatic heterocycles. The first-order valence-corrected chi connectivity index (χ1v) is 5.21. The quantitative estimate of drug-likeness (QED) is 0.640. The summed E-state index contributed by atoms with van der Waals surface area (Å²) in [5.41, 5.74) is 0. The Morgan fingerprint density at radius 2 is 2.31 bits per heavy atom. The molecule has 0 radical (unpaired) electrons. The fraction of sp³-hybridized carbons (Fsp3) is 0.900. The highest BCUT2D eigenvalue weighted by Gasteiger charge is 2.33. The summed E-state index contributed by atoms with van der Waals surface area (Å²) in [4.78, 5) is 13.7. The minimum Gasteiger partial charge on any atom is -0.368 e. The predicted molar refractivity (Wildman–Crippen MR) is 49.3 cm³/mol. The Hall–Kier alpha value is -0.570. The van der Waals surface area contributed by atoms with Gasteiger partial charge in [-0.2, -0.15) is 0 Å². The second-order valence-corrected chi connectivity index (χ2v) is 4.00. The first-order chi connectivity index (χ1) is 6.31. The van der Waals surface area contributed by atoms with E-state index in [-0.39, 0.29) is 12.0 Å². The fourth-order valence-electron chi connectivity index (χ4n) is 2.00. The lowest BCUT2D eigenvalue weighted by Gasteiger charge is -2.29. The molecule has 0 aromatic heterocycles. The van der Waals surface area contributed by atoms with E-state index in [1.807, 2.05) is 4.90 Å². The summed E-state index contributed by atoms with van der Waals surface area (Å²) in [5.74, 6) is 0.950. The molecule has 74 valence electrons. The Morgan fingerprint density at radius 3 is 2.77 bits per heavy atom. The van der Waals surface area contributed by atoms with Crippen LogP contribution >= 0.6 is 0 Å². The normalized spacial score (nSPS) is 33.2. The molecule has 3 nitrogen and oxygen atoms in total. The summed E-state index contributed by atoms with van der Waals surface area (Å²) in [7, 11) is 0. The van der Waals surface area contributed by atoms with Gasteiger partial charge in [-0.3, -0.25) is 4.79 Å². The molecule has 0 bridgehead atoms. The minimum atomic E-state index is -0.101. The van der Waals surface area contributed by atoms with Crippen molar-refractivity contribution < 1.29 is 9.53 Å². The van der Waals surface area contributed by atoms with Gasteiger partial charge in [0.25, 0.3) is 5.91 Å². The summed E-state index contributed by atoms with van der Waals surface area (Å²) in [6.45, 7) is 4.85. The van der Waals surface area contributed by atoms with Crippen molar-refractivity contribution in [3.63, 3.8) is 0 Å². The van der Waals surface area contributed by atoms with Crippen LogP contribution in [-0.2, 0) is 9.53 Å². The highest BCUT2D eigenvalue weighted by Crippen LogP contribution is 2.22. The molecule has 2 atom stereocenters. The van der Waals surface area contributed by atoms with E-state index in [4.69, 9.17) is 4.74 Å². The van der Waals surface area contributed by atoms with Crippen LogP contribution in [0.5, 0.6) is 0 Å². The fourth-order valence-corrected chi connectivity index (χ4v) is 2.00. The van der Waals surface area contributed by atoms with Crippen LogP contribution in [-0.4, -0.2) is 36.6 Å². The Labute approximate surface area is 79.0 Å². The number of hydrogen-bond acceptors (Lipinski definition) is 2. The van der Waals surface area contributed by atoms with Crippen molar-refractivity contribution in [1.82, 2.24) is 4.90 Å². The SMILES string of the molecule is CCC1CCN(C(=O)C2CCO2)C1. The van der Waals surface area contributed by atoms with E-state index >= 15 is 0 Å². The number of amides is 1. The minimum absolute atomic E-state index is 0.101. The van der Waals surface area contributed by atoms with E-state index in [1.165, 1.54) is 12.8 Å². The number of carbonyl (C=O) groups is 1. The van der Waals surface area contributed by atoms with Gasteiger partial charge in [0.05, 0.1) is 6.61 Å². The molecule has 2 fully saturated rings. The summed E-state index contributed by atoms with van der Waals surface area (Å²) >= 11 is 0. The van der Waals surface area contributed by atoms with Gasteiger partial charge in [-0.15, -0.1) is 0 Å². The van der Waals surface area contributed by atoms with Crippen LogP contribution in [0, 0.1) is 5.92 Å². The maximum atomic E-state index is 11.7. The van der Waals surface area contributed by atoms with Crippen LogP contribution in [0.15, 0.2) is 0 Å². The van der Waals surface area contributed by atoms with E-state index < -0.39 is 0 Å². The van der Waals surface area contributed by atoms with E-state index in [2.05, 4.69) is 6.92 Å². The Morgan fingerprint density at radius 1 is 1.54 bits per heavy atom. The van der Waals surface area contributed by atoms with Gasteiger partial charge in [-0.1, -0.05) is 13.3 Å². The second kappa shape index (κ2) is 3.66. The molecule has 0 saturated carbocycles. The molecule has 2 saturated heterocycles. The third-order valence-electron chi connectivity index (χ3n) is 3.15. The van der Waals surface area contributed by atoms with Crippen LogP contribution in [0.2, 0.25) is 0 Å². The molecule has 0 aromatic carbocycles. The van der Waals surface area contributed by atoms with Crippen LogP contribution in [0.3, 0.4) is 0 Å². The van der Waals surface area contributed by atoms with Crippen molar-refractivity contribution in [2.75, 3.05) is 19.7 Å². The van der Waals surface area contributed by atoms with Crippen LogP contribution < -0.4 is 0 Å². The van der Waals surface area contributed by atoms with Crippen molar-refractivity contribution in [1.29, 1.82) is 0 Å². The molecular formula is C10H17NO2. The highest BCUT2D eigenvalue weighted by molar-refractivity contribution is 5.81. The van der Waals surface area contributed by atoms with Crippen molar-refractivity contribution in [2.45, 2.75) is 32.3 Å². The zero-order chi connectivity index (χ0) is 9.26. The number of nitrogens with zero attached hydrogens (tertiary/aromatic N) is 1. The van der Waals surface area contributed by atoms with Crippen LogP contribution in [0.4, 0.5) is 0 Å². The van der Waals surface area contributed by atoms with E-state index in [0.717, 1.165) is 32.0 Å². The molecule has 0 aromatic rings. The first-order valence-electron chi connectivity index (χ1n) is 5.21. The summed E-state index contributed by atoms with van der Waals surface area (Å²) < 4.78 is 5.18. The van der Waals surface area contributed by atoms with Crippen molar-refractivity contribution >= 4 is 5.91 Å². The molecular weight excluding hydrogens is 166 g/mol. The maximum absolute atomic E-state index is 11.7. The standard InChI is InChI=1S/C10H17NO2/c1-2-8-3-5-11(7-8)10(12)9-4-6-13-9/h8-9H,2-7H2,1H3. The topological polar surface area (TPSA) is 29.5 Å². The molecule has 0 N–H and O–H groups in total. The lowest BCUT2D eigenvalue weighted by atomic mass is 10.1. The number of carbonyl (C=O) groups excluding carboxylic acids is 1. The molecule has 0 aliphatic carbocycles. The number of ether oxygens (including phenoxy) is 1. The van der Waals surface area contributed by atoms with E-state index in [9.17, 15) is 4.79 Å². The predicted octanol–water partition coefficient (Wildman–Crippen LogP) is 1.03. The van der Waals surface area contributed by atoms with Gasteiger partial charge in [0.1, 0.15) is 6.10 Å². The largest absolute Gasteiger partial charge is 0.368 e. The Kier molecular flexibility index (Phi) is 2.54. The van der Waals surface area contributed by atoms with Gasteiger partial charge >= 0.3 is 0 Å². The second-order valence-electron chi connectivity index (χ2n) is 4.00. The third kappa shape index (κ3) is 1.70. The van der Waals surface area contributed by atoms with E-state index in [0.29, 0.717) is 0 Å². The number of likely N-dealkylation sites (tertiary alicyclic amines) is 1.